The van der Waals surface area contributed by atoms with Crippen LogP contribution in [0.4, 0.5) is 14.7 Å². The highest BCUT2D eigenvalue weighted by Crippen LogP contribution is 2.33. The van der Waals surface area contributed by atoms with Gasteiger partial charge in [0.25, 0.3) is 5.56 Å². The van der Waals surface area contributed by atoms with Crippen LogP contribution in [0, 0.1) is 18.6 Å². The van der Waals surface area contributed by atoms with Crippen LogP contribution in [0.5, 0.6) is 0 Å². The van der Waals surface area contributed by atoms with Gasteiger partial charge in [-0.25, -0.2) is 13.8 Å². The van der Waals surface area contributed by atoms with Gasteiger partial charge in [0.05, 0.1) is 5.69 Å². The average molecular weight is 531 g/mol. The Morgan fingerprint density at radius 3 is 2.54 bits per heavy atom. The van der Waals surface area contributed by atoms with Crippen molar-refractivity contribution in [2.24, 2.45) is 0 Å². The van der Waals surface area contributed by atoms with E-state index in [1.807, 2.05) is 25.1 Å². The summed E-state index contributed by atoms with van der Waals surface area (Å²) in [4.78, 5) is 22.5. The molecule has 2 heterocycles. The highest BCUT2D eigenvalue weighted by Gasteiger charge is 2.23. The third kappa shape index (κ3) is 5.68. The van der Waals surface area contributed by atoms with Crippen molar-refractivity contribution in [3.05, 3.63) is 88.2 Å². The van der Waals surface area contributed by atoms with E-state index in [0.29, 0.717) is 30.2 Å². The summed E-state index contributed by atoms with van der Waals surface area (Å²) in [5.41, 5.74) is 3.09. The Kier molecular flexibility index (Phi) is 7.70. The minimum Gasteiger partial charge on any atom is -0.382 e. The number of para-hydroxylation sites is 1. The van der Waals surface area contributed by atoms with Gasteiger partial charge in [0.2, 0.25) is 5.95 Å². The number of rotatable bonds is 11. The van der Waals surface area contributed by atoms with Crippen molar-refractivity contribution in [3.8, 4) is 16.9 Å². The van der Waals surface area contributed by atoms with Crippen molar-refractivity contribution >= 4 is 22.7 Å². The highest BCUT2D eigenvalue weighted by atomic mass is 19.1. The lowest BCUT2D eigenvalue weighted by Gasteiger charge is -2.17. The molecule has 0 radical (unpaired) electrons. The number of halogens is 2. The molecule has 4 aromatic rings. The first-order chi connectivity index (χ1) is 18.9. The van der Waals surface area contributed by atoms with Crippen LogP contribution in [0.25, 0.3) is 33.7 Å². The fraction of sp³-hybridized carbons (Fsp3) is 0.300. The first-order valence-electron chi connectivity index (χ1n) is 13.3. The molecule has 1 saturated carbocycles. The Bertz CT molecular complexity index is 1570. The van der Waals surface area contributed by atoms with Crippen molar-refractivity contribution in [2.45, 2.75) is 39.2 Å². The predicted octanol–water partition coefficient (Wildman–Crippen LogP) is 5.17. The van der Waals surface area contributed by atoms with Crippen molar-refractivity contribution in [2.75, 3.05) is 25.0 Å². The number of anilines is 1. The molecule has 5 rings (SSSR count). The molecule has 39 heavy (non-hydrogen) atoms. The first-order valence-corrected chi connectivity index (χ1v) is 13.3. The van der Waals surface area contributed by atoms with Crippen molar-refractivity contribution in [1.29, 1.82) is 0 Å². The molecule has 0 bridgehead atoms. The molecular weight excluding hydrogens is 498 g/mol. The van der Waals surface area contributed by atoms with Crippen LogP contribution < -0.4 is 21.5 Å². The molecule has 0 atom stereocenters. The van der Waals surface area contributed by atoms with Gasteiger partial charge in [0.15, 0.2) is 5.65 Å². The van der Waals surface area contributed by atoms with Gasteiger partial charge in [0.1, 0.15) is 17.3 Å². The van der Waals surface area contributed by atoms with Crippen LogP contribution in [-0.2, 0) is 0 Å². The van der Waals surface area contributed by atoms with Crippen molar-refractivity contribution in [3.63, 3.8) is 0 Å². The zero-order chi connectivity index (χ0) is 27.5. The zero-order valence-electron chi connectivity index (χ0n) is 22.2. The van der Waals surface area contributed by atoms with E-state index >= 15 is 0 Å². The fourth-order valence-electron chi connectivity index (χ4n) is 4.50. The molecule has 0 spiro atoms. The van der Waals surface area contributed by atoms with Crippen molar-refractivity contribution < 1.29 is 8.78 Å². The average Bonchev–Trinajstić information content (AvgIpc) is 3.73. The van der Waals surface area contributed by atoms with Crippen molar-refractivity contribution in [1.82, 2.24) is 25.2 Å². The second kappa shape index (κ2) is 11.3. The van der Waals surface area contributed by atoms with Crippen LogP contribution >= 0.6 is 0 Å². The summed E-state index contributed by atoms with van der Waals surface area (Å²) >= 11 is 0. The first kappa shape index (κ1) is 26.5. The molecule has 2 aromatic carbocycles. The molecule has 1 aliphatic carbocycles. The van der Waals surface area contributed by atoms with Gasteiger partial charge in [0, 0.05) is 41.8 Å². The second-order valence-electron chi connectivity index (χ2n) is 9.81. The van der Waals surface area contributed by atoms with Gasteiger partial charge in [-0.1, -0.05) is 31.7 Å². The molecule has 1 fully saturated rings. The normalized spacial score (nSPS) is 13.0. The van der Waals surface area contributed by atoms with Crippen LogP contribution in [0.1, 0.15) is 37.3 Å². The minimum absolute atomic E-state index is 0.111. The smallest absolute Gasteiger partial charge is 0.256 e. The summed E-state index contributed by atoms with van der Waals surface area (Å²) in [5, 5.41) is 10.4. The number of fused-ring (bicyclic) bond motifs is 1. The largest absolute Gasteiger partial charge is 0.382 e. The monoisotopic (exact) mass is 530 g/mol. The SMILES string of the molecule is C=C(NC1CC1)c1ccc(C)c(-c2nc(NCCNCCC)nc3c2ccc(=O)n3-c2c(F)cccc2F)c1. The van der Waals surface area contributed by atoms with E-state index in [9.17, 15) is 13.6 Å². The van der Waals surface area contributed by atoms with E-state index in [1.165, 1.54) is 12.1 Å². The minimum atomic E-state index is -0.858. The topological polar surface area (TPSA) is 83.9 Å². The van der Waals surface area contributed by atoms with E-state index in [2.05, 4.69) is 34.4 Å². The van der Waals surface area contributed by atoms with Gasteiger partial charge in [-0.2, -0.15) is 4.98 Å². The van der Waals surface area contributed by atoms with Gasteiger partial charge in [-0.05, 0) is 68.1 Å². The van der Waals surface area contributed by atoms with Crippen LogP contribution in [0.2, 0.25) is 0 Å². The van der Waals surface area contributed by atoms with Gasteiger partial charge < -0.3 is 16.0 Å². The molecular formula is C30H32F2N6O. The summed E-state index contributed by atoms with van der Waals surface area (Å²) < 4.78 is 30.8. The predicted molar refractivity (Wildman–Crippen MR) is 152 cm³/mol. The van der Waals surface area contributed by atoms with Gasteiger partial charge >= 0.3 is 0 Å². The molecule has 3 N–H and O–H groups in total. The van der Waals surface area contributed by atoms with E-state index in [0.717, 1.165) is 64.9 Å². The standard InChI is InChI=1S/C30H32F2N6O/c1-4-14-33-15-16-34-30-36-27(23-17-20(9-8-18(23)2)19(3)35-21-10-11-21)22-12-13-26(39)38(29(22)37-30)28-24(31)6-5-7-25(28)32/h5-9,12-13,17,21,33,35H,3-4,10-11,14-16H2,1-2H3,(H,34,36,37). The molecule has 9 heteroatoms. The molecule has 7 nitrogen and oxygen atoms in total. The maximum absolute atomic E-state index is 14.9. The van der Waals surface area contributed by atoms with E-state index in [1.54, 1.807) is 6.07 Å². The Labute approximate surface area is 226 Å². The zero-order valence-corrected chi connectivity index (χ0v) is 22.2. The number of aromatic nitrogens is 3. The van der Waals surface area contributed by atoms with Crippen LogP contribution in [-0.4, -0.2) is 40.2 Å². The van der Waals surface area contributed by atoms with E-state index < -0.39 is 22.9 Å². The lowest BCUT2D eigenvalue weighted by molar-refractivity contribution is 0.568. The summed E-state index contributed by atoms with van der Waals surface area (Å²) in [6, 6.07) is 12.8. The molecule has 202 valence electrons. The van der Waals surface area contributed by atoms with Gasteiger partial charge in [-0.15, -0.1) is 0 Å². The number of hydrogen-bond acceptors (Lipinski definition) is 6. The Morgan fingerprint density at radius 1 is 1.05 bits per heavy atom. The maximum Gasteiger partial charge on any atom is 0.256 e. The van der Waals surface area contributed by atoms with Gasteiger partial charge in [-0.3, -0.25) is 9.36 Å². The highest BCUT2D eigenvalue weighted by molar-refractivity contribution is 5.93. The summed E-state index contributed by atoms with van der Waals surface area (Å²) in [5.74, 6) is -1.46. The Hall–Kier alpha value is -4.11. The van der Waals surface area contributed by atoms with E-state index in [4.69, 9.17) is 4.98 Å². The molecule has 0 unspecified atom stereocenters. The Morgan fingerprint density at radius 2 is 1.82 bits per heavy atom. The third-order valence-electron chi connectivity index (χ3n) is 6.72. The van der Waals surface area contributed by atoms with Crippen LogP contribution in [0.3, 0.4) is 0 Å². The number of benzene rings is 2. The summed E-state index contributed by atoms with van der Waals surface area (Å²) in [7, 11) is 0. The molecule has 0 amide bonds. The fourth-order valence-corrected chi connectivity index (χ4v) is 4.50. The maximum atomic E-state index is 14.9. The van der Waals surface area contributed by atoms with E-state index in [-0.39, 0.29) is 11.6 Å². The molecule has 0 saturated heterocycles. The lowest BCUT2D eigenvalue weighted by atomic mass is 9.98. The van der Waals surface area contributed by atoms with Crippen LogP contribution in [0.15, 0.2) is 59.9 Å². The number of aryl methyl sites for hydroxylation is 1. The molecule has 2 aromatic heterocycles. The number of nitrogens with zero attached hydrogens (tertiary/aromatic N) is 3. The second-order valence-corrected chi connectivity index (χ2v) is 9.81. The Balaban J connectivity index is 1.69. The number of hydrogen-bond donors (Lipinski definition) is 3. The number of nitrogens with one attached hydrogen (secondary N) is 3. The summed E-state index contributed by atoms with van der Waals surface area (Å²) in [6.45, 7) is 10.3. The lowest BCUT2D eigenvalue weighted by Crippen LogP contribution is -2.24. The third-order valence-corrected chi connectivity index (χ3v) is 6.72. The summed E-state index contributed by atoms with van der Waals surface area (Å²) in [6.07, 6.45) is 3.26. The quantitative estimate of drug-likeness (QED) is 0.232. The number of pyridine rings is 1. The molecule has 1 aliphatic rings. The molecule has 0 aliphatic heterocycles.